The maximum absolute atomic E-state index is 10.7. The Morgan fingerprint density at radius 2 is 2.27 bits per heavy atom. The fourth-order valence-electron chi connectivity index (χ4n) is 1.08. The van der Waals surface area contributed by atoms with E-state index in [-0.39, 0.29) is 11.9 Å². The number of carbonyl (C=O) groups excluding carboxylic acids is 1. The van der Waals surface area contributed by atoms with Crippen molar-refractivity contribution in [3.8, 4) is 0 Å². The lowest BCUT2D eigenvalue weighted by molar-refractivity contribution is -0.123. The molecule has 1 saturated heterocycles. The Morgan fingerprint density at radius 3 is 2.55 bits per heavy atom. The zero-order chi connectivity index (χ0) is 8.43. The number of amides is 1. The summed E-state index contributed by atoms with van der Waals surface area (Å²) in [6.07, 6.45) is 0. The van der Waals surface area contributed by atoms with Crippen LogP contribution in [0.15, 0.2) is 0 Å². The largest absolute Gasteiger partial charge is 0.368 e. The first-order chi connectivity index (χ1) is 5.13. The molecule has 0 spiro atoms. The average Bonchev–Trinajstić information content (AvgIpc) is 1.82. The van der Waals surface area contributed by atoms with Crippen LogP contribution in [0.4, 0.5) is 0 Å². The summed E-state index contributed by atoms with van der Waals surface area (Å²) >= 11 is 0. The number of hydrogen-bond acceptors (Lipinski definition) is 3. The Morgan fingerprint density at radius 1 is 1.73 bits per heavy atom. The van der Waals surface area contributed by atoms with Gasteiger partial charge in [-0.25, -0.2) is 0 Å². The molecule has 1 aliphatic rings. The number of likely N-dealkylation sites (N-methyl/N-ethyl adjacent to an activating group) is 1. The fraction of sp³-hybridized carbons (Fsp3) is 0.857. The van der Waals surface area contributed by atoms with Crippen LogP contribution in [0.5, 0.6) is 0 Å². The van der Waals surface area contributed by atoms with Crippen molar-refractivity contribution >= 4 is 5.91 Å². The lowest BCUT2D eigenvalue weighted by atomic mass is 10.1. The second kappa shape index (κ2) is 3.19. The minimum absolute atomic E-state index is 0.151. The molecule has 4 nitrogen and oxygen atoms in total. The van der Waals surface area contributed by atoms with Gasteiger partial charge >= 0.3 is 0 Å². The van der Waals surface area contributed by atoms with Gasteiger partial charge in [0.1, 0.15) is 0 Å². The monoisotopic (exact) mass is 157 g/mol. The third kappa shape index (κ3) is 1.70. The first-order valence-electron chi connectivity index (χ1n) is 3.85. The minimum Gasteiger partial charge on any atom is -0.368 e. The summed E-state index contributed by atoms with van der Waals surface area (Å²) in [6.45, 7) is 3.77. The highest BCUT2D eigenvalue weighted by atomic mass is 16.1. The molecule has 0 aromatic carbocycles. The Hall–Kier alpha value is -0.610. The van der Waals surface area contributed by atoms with Crippen LogP contribution >= 0.6 is 0 Å². The van der Waals surface area contributed by atoms with Gasteiger partial charge in [-0.05, 0) is 14.0 Å². The Bertz CT molecular complexity index is 156. The van der Waals surface area contributed by atoms with Crippen LogP contribution in [0, 0.1) is 0 Å². The van der Waals surface area contributed by atoms with E-state index in [0.717, 1.165) is 13.1 Å². The highest BCUT2D eigenvalue weighted by Gasteiger charge is 2.27. The van der Waals surface area contributed by atoms with Crippen molar-refractivity contribution in [2.24, 2.45) is 5.73 Å². The highest BCUT2D eigenvalue weighted by Crippen LogP contribution is 2.05. The number of nitrogens with zero attached hydrogens (tertiary/aromatic N) is 1. The van der Waals surface area contributed by atoms with Gasteiger partial charge in [-0.1, -0.05) is 0 Å². The normalized spacial score (nSPS) is 21.4. The van der Waals surface area contributed by atoms with Crippen LogP contribution < -0.4 is 11.1 Å². The maximum atomic E-state index is 10.7. The van der Waals surface area contributed by atoms with E-state index in [4.69, 9.17) is 5.73 Å². The van der Waals surface area contributed by atoms with Gasteiger partial charge in [-0.2, -0.15) is 0 Å². The summed E-state index contributed by atoms with van der Waals surface area (Å²) in [5, 5.41) is 3.14. The standard InChI is InChI=1S/C7H15N3O/c1-5(7(8)11)10(2)6-3-9-4-6/h5-6,9H,3-4H2,1-2H3,(H2,8,11). The first-order valence-corrected chi connectivity index (χ1v) is 3.85. The van der Waals surface area contributed by atoms with Crippen molar-refractivity contribution in [1.29, 1.82) is 0 Å². The molecular formula is C7H15N3O. The van der Waals surface area contributed by atoms with Gasteiger partial charge in [0.25, 0.3) is 0 Å². The lowest BCUT2D eigenvalue weighted by Crippen LogP contribution is -2.60. The number of hydrogen-bond donors (Lipinski definition) is 2. The third-order valence-corrected chi connectivity index (χ3v) is 2.36. The lowest BCUT2D eigenvalue weighted by Gasteiger charge is -2.38. The summed E-state index contributed by atoms with van der Waals surface area (Å²) in [6, 6.07) is 0.333. The molecule has 4 heteroatoms. The summed E-state index contributed by atoms with van der Waals surface area (Å²) in [5.74, 6) is -0.251. The molecule has 1 amide bonds. The number of nitrogens with one attached hydrogen (secondary N) is 1. The number of nitrogens with two attached hydrogens (primary N) is 1. The molecule has 1 atom stereocenters. The van der Waals surface area contributed by atoms with Crippen molar-refractivity contribution in [1.82, 2.24) is 10.2 Å². The van der Waals surface area contributed by atoms with Crippen LogP contribution in [0.2, 0.25) is 0 Å². The van der Waals surface area contributed by atoms with E-state index >= 15 is 0 Å². The van der Waals surface area contributed by atoms with E-state index in [0.29, 0.717) is 6.04 Å². The number of carbonyl (C=O) groups is 1. The molecular weight excluding hydrogens is 142 g/mol. The van der Waals surface area contributed by atoms with Crippen LogP contribution in [0.3, 0.4) is 0 Å². The molecule has 0 aromatic rings. The summed E-state index contributed by atoms with van der Waals surface area (Å²) in [4.78, 5) is 12.8. The Balaban J connectivity index is 2.38. The molecule has 1 aliphatic heterocycles. The van der Waals surface area contributed by atoms with Crippen molar-refractivity contribution in [3.05, 3.63) is 0 Å². The van der Waals surface area contributed by atoms with E-state index in [2.05, 4.69) is 5.32 Å². The summed E-state index contributed by atoms with van der Waals surface area (Å²) in [5.41, 5.74) is 5.15. The van der Waals surface area contributed by atoms with Gasteiger partial charge in [0.05, 0.1) is 6.04 Å². The third-order valence-electron chi connectivity index (χ3n) is 2.36. The zero-order valence-corrected chi connectivity index (χ0v) is 7.00. The first kappa shape index (κ1) is 8.49. The van der Waals surface area contributed by atoms with Gasteiger partial charge in [0.15, 0.2) is 0 Å². The van der Waals surface area contributed by atoms with Crippen molar-refractivity contribution in [3.63, 3.8) is 0 Å². The zero-order valence-electron chi connectivity index (χ0n) is 7.00. The quantitative estimate of drug-likeness (QED) is 0.539. The molecule has 0 aliphatic carbocycles. The fourth-order valence-corrected chi connectivity index (χ4v) is 1.08. The van der Waals surface area contributed by atoms with Crippen molar-refractivity contribution in [2.45, 2.75) is 19.0 Å². The van der Waals surface area contributed by atoms with Gasteiger partial charge in [0, 0.05) is 19.1 Å². The van der Waals surface area contributed by atoms with Gasteiger partial charge < -0.3 is 11.1 Å². The minimum atomic E-state index is -0.251. The molecule has 1 rings (SSSR count). The molecule has 0 saturated carbocycles. The molecule has 0 radical (unpaired) electrons. The molecule has 1 fully saturated rings. The van der Waals surface area contributed by atoms with Crippen LogP contribution in [-0.4, -0.2) is 43.0 Å². The average molecular weight is 157 g/mol. The topological polar surface area (TPSA) is 58.4 Å². The predicted octanol–water partition coefficient (Wildman–Crippen LogP) is -1.24. The molecule has 11 heavy (non-hydrogen) atoms. The number of primary amides is 1. The van der Waals surface area contributed by atoms with Crippen LogP contribution in [0.1, 0.15) is 6.92 Å². The molecule has 0 bridgehead atoms. The predicted molar refractivity (Wildman–Crippen MR) is 43.1 cm³/mol. The molecule has 3 N–H and O–H groups in total. The second-order valence-electron chi connectivity index (χ2n) is 3.06. The molecule has 0 aromatic heterocycles. The Labute approximate surface area is 66.7 Å². The number of rotatable bonds is 3. The maximum Gasteiger partial charge on any atom is 0.234 e. The van der Waals surface area contributed by atoms with Crippen LogP contribution in [0.25, 0.3) is 0 Å². The smallest absolute Gasteiger partial charge is 0.234 e. The second-order valence-corrected chi connectivity index (χ2v) is 3.06. The highest BCUT2D eigenvalue weighted by molar-refractivity contribution is 5.79. The summed E-state index contributed by atoms with van der Waals surface area (Å²) < 4.78 is 0. The van der Waals surface area contributed by atoms with E-state index in [9.17, 15) is 4.79 Å². The van der Waals surface area contributed by atoms with E-state index in [1.54, 1.807) is 0 Å². The Kier molecular flexibility index (Phi) is 2.46. The van der Waals surface area contributed by atoms with Gasteiger partial charge in [-0.15, -0.1) is 0 Å². The molecule has 64 valence electrons. The van der Waals surface area contributed by atoms with E-state index in [1.165, 1.54) is 0 Å². The summed E-state index contributed by atoms with van der Waals surface area (Å²) in [7, 11) is 1.93. The molecule has 1 heterocycles. The van der Waals surface area contributed by atoms with E-state index < -0.39 is 0 Å². The van der Waals surface area contributed by atoms with Crippen LogP contribution in [-0.2, 0) is 4.79 Å². The van der Waals surface area contributed by atoms with E-state index in [1.807, 2.05) is 18.9 Å². The van der Waals surface area contributed by atoms with Crippen molar-refractivity contribution < 1.29 is 4.79 Å². The molecule has 1 unspecified atom stereocenters. The van der Waals surface area contributed by atoms with Gasteiger partial charge in [0.2, 0.25) is 5.91 Å². The SMILES string of the molecule is CC(C(N)=O)N(C)C1CNC1. The van der Waals surface area contributed by atoms with Crippen molar-refractivity contribution in [2.75, 3.05) is 20.1 Å². The van der Waals surface area contributed by atoms with Gasteiger partial charge in [-0.3, -0.25) is 9.69 Å².